The molecule has 1 aliphatic rings. The predicted molar refractivity (Wildman–Crippen MR) is 143 cm³/mol. The maximum Gasteiger partial charge on any atom is 0.331 e. The molecule has 0 spiro atoms. The van der Waals surface area contributed by atoms with Crippen molar-refractivity contribution in [2.24, 2.45) is 0 Å². The zero-order valence-corrected chi connectivity index (χ0v) is 21.6. The number of nitrogen functional groups attached to an aromatic ring is 1. The first kappa shape index (κ1) is 25.2. The van der Waals surface area contributed by atoms with E-state index in [1.807, 2.05) is 47.8 Å². The van der Waals surface area contributed by atoms with E-state index >= 15 is 0 Å². The van der Waals surface area contributed by atoms with Gasteiger partial charge in [0.1, 0.15) is 24.1 Å². The molecule has 5 heterocycles. The molecule has 0 aliphatic carbocycles. The van der Waals surface area contributed by atoms with E-state index in [-0.39, 0.29) is 30.4 Å². The molecule has 4 aromatic heterocycles. The molecule has 0 amide bonds. The Morgan fingerprint density at radius 2 is 1.85 bits per heavy atom. The van der Waals surface area contributed by atoms with Gasteiger partial charge in [0.25, 0.3) is 0 Å². The molecule has 5 aromatic rings. The maximum absolute atomic E-state index is 13.5. The number of hydrogen-bond donors (Lipinski definition) is 4. The zero-order valence-electron chi connectivity index (χ0n) is 20.7. The van der Waals surface area contributed by atoms with Crippen molar-refractivity contribution in [3.05, 3.63) is 87.1 Å². The quantitative estimate of drug-likeness (QED) is 0.224. The van der Waals surface area contributed by atoms with Crippen molar-refractivity contribution in [3.8, 4) is 5.88 Å². The van der Waals surface area contributed by atoms with Gasteiger partial charge < -0.3 is 25.8 Å². The van der Waals surface area contributed by atoms with Crippen molar-refractivity contribution in [2.75, 3.05) is 5.73 Å². The molecule has 1 aliphatic heterocycles. The van der Waals surface area contributed by atoms with Crippen molar-refractivity contribution in [1.29, 1.82) is 0 Å². The molecule has 12 nitrogen and oxygen atoms in total. The lowest BCUT2D eigenvalue weighted by Gasteiger charge is -2.16. The molecule has 0 radical (unpaired) electrons. The van der Waals surface area contributed by atoms with Crippen molar-refractivity contribution in [1.82, 2.24) is 28.7 Å². The molecule has 0 saturated carbocycles. The molecule has 13 heteroatoms. The number of anilines is 1. The summed E-state index contributed by atoms with van der Waals surface area (Å²) in [5.74, 6) is 0.0642. The lowest BCUT2D eigenvalue weighted by molar-refractivity contribution is -0.0380. The third-order valence-corrected chi connectivity index (χ3v) is 7.91. The molecular formula is C26H27N7O5S. The van der Waals surface area contributed by atoms with Gasteiger partial charge in [0.15, 0.2) is 17.7 Å². The van der Waals surface area contributed by atoms with Crippen LogP contribution in [0.2, 0.25) is 0 Å². The van der Waals surface area contributed by atoms with Crippen LogP contribution in [0.1, 0.15) is 28.8 Å². The Bertz CT molecular complexity index is 1650. The molecule has 5 N–H and O–H groups in total. The highest BCUT2D eigenvalue weighted by Crippen LogP contribution is 2.34. The molecule has 0 bridgehead atoms. The number of benzene rings is 1. The molecule has 1 aromatic carbocycles. The summed E-state index contributed by atoms with van der Waals surface area (Å²) in [6.45, 7) is 0.409. The van der Waals surface area contributed by atoms with E-state index in [0.29, 0.717) is 29.8 Å². The number of imidazole rings is 2. The Kier molecular flexibility index (Phi) is 6.64. The first-order chi connectivity index (χ1) is 18.9. The minimum absolute atomic E-state index is 0.0743. The molecule has 1 saturated heterocycles. The number of aromatic nitrogens is 6. The van der Waals surface area contributed by atoms with E-state index in [4.69, 9.17) is 10.5 Å². The number of nitrogens with two attached hydrogens (primary N) is 1. The van der Waals surface area contributed by atoms with E-state index in [1.165, 1.54) is 33.1 Å². The fraction of sp³-hybridized carbons (Fsp3) is 0.308. The van der Waals surface area contributed by atoms with Crippen LogP contribution in [0, 0.1) is 0 Å². The molecule has 6 rings (SSSR count). The number of thiophene rings is 1. The summed E-state index contributed by atoms with van der Waals surface area (Å²) in [5, 5.41) is 34.7. The van der Waals surface area contributed by atoms with E-state index in [9.17, 15) is 20.1 Å². The second kappa shape index (κ2) is 10.3. The van der Waals surface area contributed by atoms with Crippen LogP contribution < -0.4 is 11.4 Å². The van der Waals surface area contributed by atoms with Crippen LogP contribution in [-0.2, 0) is 24.2 Å². The Morgan fingerprint density at radius 3 is 2.62 bits per heavy atom. The lowest BCUT2D eigenvalue weighted by atomic mass is 10.1. The summed E-state index contributed by atoms with van der Waals surface area (Å²) in [7, 11) is 0. The van der Waals surface area contributed by atoms with Gasteiger partial charge in [-0.1, -0.05) is 36.4 Å². The van der Waals surface area contributed by atoms with E-state index in [2.05, 4.69) is 15.0 Å². The lowest BCUT2D eigenvalue weighted by Crippen LogP contribution is -2.33. The smallest absolute Gasteiger partial charge is 0.331 e. The number of hydrogen-bond acceptors (Lipinski definition) is 10. The minimum atomic E-state index is -1.27. The SMILES string of the molecule is Nc1ncnc2c1ncn2[C@@H]1O[C@H](CCn2c(O)c(Cc3ccccc3)n(Cc3cccs3)c2=O)C(O)[C@H]1O. The monoisotopic (exact) mass is 549 g/mol. The first-order valence-corrected chi connectivity index (χ1v) is 13.3. The molecule has 1 unspecified atom stereocenters. The Hall–Kier alpha value is -4.04. The topological polar surface area (TPSA) is 166 Å². The third-order valence-electron chi connectivity index (χ3n) is 7.05. The fourth-order valence-electron chi connectivity index (χ4n) is 5.03. The fourth-order valence-corrected chi connectivity index (χ4v) is 5.72. The van der Waals surface area contributed by atoms with Crippen LogP contribution in [0.5, 0.6) is 5.88 Å². The molecule has 202 valence electrons. The normalized spacial score (nSPS) is 21.2. The Balaban J connectivity index is 1.25. The highest BCUT2D eigenvalue weighted by Gasteiger charge is 2.44. The highest BCUT2D eigenvalue weighted by atomic mass is 32.1. The number of aromatic hydroxyl groups is 1. The summed E-state index contributed by atoms with van der Waals surface area (Å²) in [5.41, 5.74) is 7.70. The summed E-state index contributed by atoms with van der Waals surface area (Å²) in [4.78, 5) is 26.8. The molecule has 1 fully saturated rings. The Labute approximate surface area is 226 Å². The van der Waals surface area contributed by atoms with Crippen molar-refractivity contribution >= 4 is 28.3 Å². The number of aliphatic hydroxyl groups excluding tert-OH is 2. The van der Waals surface area contributed by atoms with Crippen LogP contribution in [0.4, 0.5) is 5.82 Å². The van der Waals surface area contributed by atoms with Crippen molar-refractivity contribution in [2.45, 2.75) is 50.5 Å². The van der Waals surface area contributed by atoms with Gasteiger partial charge in [-0.2, -0.15) is 0 Å². The average Bonchev–Trinajstić information content (AvgIpc) is 3.71. The summed E-state index contributed by atoms with van der Waals surface area (Å²) >= 11 is 1.54. The Morgan fingerprint density at radius 1 is 1.03 bits per heavy atom. The molecular weight excluding hydrogens is 522 g/mol. The van der Waals surface area contributed by atoms with Crippen molar-refractivity contribution in [3.63, 3.8) is 0 Å². The summed E-state index contributed by atoms with van der Waals surface area (Å²) < 4.78 is 10.4. The van der Waals surface area contributed by atoms with Gasteiger partial charge in [0.05, 0.1) is 24.7 Å². The van der Waals surface area contributed by atoms with Gasteiger partial charge >= 0.3 is 5.69 Å². The second-order valence-electron chi connectivity index (χ2n) is 9.45. The van der Waals surface area contributed by atoms with Gasteiger partial charge in [-0.05, 0) is 23.4 Å². The van der Waals surface area contributed by atoms with Gasteiger partial charge in [0, 0.05) is 17.8 Å². The van der Waals surface area contributed by atoms with Crippen molar-refractivity contribution < 1.29 is 20.1 Å². The number of ether oxygens (including phenoxy) is 1. The van der Waals surface area contributed by atoms with Gasteiger partial charge in [-0.15, -0.1) is 11.3 Å². The summed E-state index contributed by atoms with van der Waals surface area (Å²) in [6.07, 6.45) is -1.03. The van der Waals surface area contributed by atoms with E-state index < -0.39 is 24.5 Å². The van der Waals surface area contributed by atoms with Crippen LogP contribution in [0.15, 0.2) is 65.3 Å². The van der Waals surface area contributed by atoms with E-state index in [1.54, 1.807) is 4.57 Å². The average molecular weight is 550 g/mol. The van der Waals surface area contributed by atoms with Crippen LogP contribution in [0.3, 0.4) is 0 Å². The predicted octanol–water partition coefficient (Wildman–Crippen LogP) is 1.49. The second-order valence-corrected chi connectivity index (χ2v) is 10.5. The van der Waals surface area contributed by atoms with E-state index in [0.717, 1.165) is 10.4 Å². The maximum atomic E-state index is 13.5. The van der Waals surface area contributed by atoms with Crippen LogP contribution in [0.25, 0.3) is 11.2 Å². The number of nitrogens with zero attached hydrogens (tertiary/aromatic N) is 6. The third kappa shape index (κ3) is 4.59. The molecule has 39 heavy (non-hydrogen) atoms. The van der Waals surface area contributed by atoms with Gasteiger partial charge in [-0.3, -0.25) is 13.7 Å². The number of fused-ring (bicyclic) bond motifs is 1. The number of rotatable bonds is 8. The van der Waals surface area contributed by atoms with Crippen LogP contribution in [-0.4, -0.2) is 62.3 Å². The first-order valence-electron chi connectivity index (χ1n) is 12.4. The largest absolute Gasteiger partial charge is 0.493 e. The van der Waals surface area contributed by atoms with Gasteiger partial charge in [-0.25, -0.2) is 19.7 Å². The standard InChI is InChI=1S/C26H27N7O5S/c27-22-19-23(29-13-28-22)33(14-30-19)25-21(35)20(34)18(38-25)8-9-31-24(36)17(11-15-5-2-1-3-6-15)32(26(31)37)12-16-7-4-10-39-16/h1-7,10,13-14,18,20-21,25,34-36H,8-9,11-12H2,(H2,27,28,29)/t18-,20?,21-,25-/m1/s1. The number of aliphatic hydroxyl groups is 2. The summed E-state index contributed by atoms with van der Waals surface area (Å²) in [6, 6.07) is 13.5. The zero-order chi connectivity index (χ0) is 27.1. The van der Waals surface area contributed by atoms with Gasteiger partial charge in [0.2, 0.25) is 5.88 Å². The highest BCUT2D eigenvalue weighted by molar-refractivity contribution is 7.09. The minimum Gasteiger partial charge on any atom is -0.493 e. The van der Waals surface area contributed by atoms with Crippen LogP contribution >= 0.6 is 11.3 Å². The molecule has 4 atom stereocenters.